The molecule has 0 aromatic heterocycles. The van der Waals surface area contributed by atoms with Crippen LogP contribution >= 0.6 is 11.6 Å². The Labute approximate surface area is 105 Å². The number of hydrogen-bond donors (Lipinski definition) is 2. The number of aliphatic carboxylic acids is 1. The standard InChI is InChI=1S/C12H15ClO4/c1-3-17-10-5-4-8(6-9(10)13)12(2,7-14)11(15)16/h4-6,14H,3,7H2,1-2H3,(H,15,16). The van der Waals surface area contributed by atoms with Crippen LogP contribution in [0.2, 0.25) is 5.02 Å². The van der Waals surface area contributed by atoms with Crippen molar-refractivity contribution in [1.29, 1.82) is 0 Å². The summed E-state index contributed by atoms with van der Waals surface area (Å²) in [5, 5.41) is 18.7. The number of halogens is 1. The van der Waals surface area contributed by atoms with E-state index in [9.17, 15) is 9.90 Å². The lowest BCUT2D eigenvalue weighted by molar-refractivity contribution is -0.144. The summed E-state index contributed by atoms with van der Waals surface area (Å²) >= 11 is 5.98. The van der Waals surface area contributed by atoms with Crippen molar-refractivity contribution in [3.8, 4) is 5.75 Å². The van der Waals surface area contributed by atoms with Gasteiger partial charge >= 0.3 is 5.97 Å². The highest BCUT2D eigenvalue weighted by Crippen LogP contribution is 2.31. The molecule has 5 heteroatoms. The van der Waals surface area contributed by atoms with Gasteiger partial charge in [0.1, 0.15) is 11.2 Å². The first kappa shape index (κ1) is 13.8. The van der Waals surface area contributed by atoms with Crippen molar-refractivity contribution in [1.82, 2.24) is 0 Å². The first-order valence-electron chi connectivity index (χ1n) is 5.22. The Morgan fingerprint density at radius 1 is 1.53 bits per heavy atom. The van der Waals surface area contributed by atoms with Gasteiger partial charge in [-0.25, -0.2) is 0 Å². The van der Waals surface area contributed by atoms with E-state index >= 15 is 0 Å². The van der Waals surface area contributed by atoms with Crippen LogP contribution in [0.15, 0.2) is 18.2 Å². The van der Waals surface area contributed by atoms with E-state index in [1.165, 1.54) is 13.0 Å². The van der Waals surface area contributed by atoms with Crippen LogP contribution in [-0.4, -0.2) is 29.4 Å². The molecule has 1 aromatic rings. The third kappa shape index (κ3) is 2.70. The Bertz CT molecular complexity index is 419. The van der Waals surface area contributed by atoms with Gasteiger partial charge in [-0.3, -0.25) is 4.79 Å². The maximum Gasteiger partial charge on any atom is 0.316 e. The lowest BCUT2D eigenvalue weighted by Crippen LogP contribution is -2.36. The van der Waals surface area contributed by atoms with E-state index in [2.05, 4.69) is 0 Å². The van der Waals surface area contributed by atoms with E-state index in [0.29, 0.717) is 22.9 Å². The van der Waals surface area contributed by atoms with Gasteiger partial charge in [-0.15, -0.1) is 0 Å². The Morgan fingerprint density at radius 3 is 2.59 bits per heavy atom. The number of ether oxygens (including phenoxy) is 1. The lowest BCUT2D eigenvalue weighted by atomic mass is 9.83. The number of hydrogen-bond acceptors (Lipinski definition) is 3. The van der Waals surface area contributed by atoms with Gasteiger partial charge in [-0.05, 0) is 31.5 Å². The Hall–Kier alpha value is -1.26. The van der Waals surface area contributed by atoms with Gasteiger partial charge in [0.2, 0.25) is 0 Å². The average molecular weight is 259 g/mol. The van der Waals surface area contributed by atoms with Crippen LogP contribution in [0.5, 0.6) is 5.75 Å². The van der Waals surface area contributed by atoms with Crippen LogP contribution in [0, 0.1) is 0 Å². The molecule has 1 unspecified atom stereocenters. The topological polar surface area (TPSA) is 66.8 Å². The molecule has 0 aliphatic heterocycles. The second-order valence-electron chi connectivity index (χ2n) is 3.87. The van der Waals surface area contributed by atoms with Crippen molar-refractivity contribution < 1.29 is 19.7 Å². The summed E-state index contributed by atoms with van der Waals surface area (Å²) in [6.07, 6.45) is 0. The van der Waals surface area contributed by atoms with E-state index in [4.69, 9.17) is 21.4 Å². The zero-order valence-electron chi connectivity index (χ0n) is 9.74. The van der Waals surface area contributed by atoms with E-state index in [0.717, 1.165) is 0 Å². The summed E-state index contributed by atoms with van der Waals surface area (Å²) in [5.41, 5.74) is -0.907. The molecule has 0 saturated carbocycles. The van der Waals surface area contributed by atoms with E-state index in [1.54, 1.807) is 12.1 Å². The Kier molecular flexibility index (Phi) is 4.37. The molecule has 0 bridgehead atoms. The first-order valence-corrected chi connectivity index (χ1v) is 5.60. The highest BCUT2D eigenvalue weighted by atomic mass is 35.5. The summed E-state index contributed by atoms with van der Waals surface area (Å²) < 4.78 is 5.26. The molecule has 0 aliphatic rings. The molecule has 94 valence electrons. The summed E-state index contributed by atoms with van der Waals surface area (Å²) in [6.45, 7) is 3.27. The van der Waals surface area contributed by atoms with Crippen LogP contribution in [0.25, 0.3) is 0 Å². The fourth-order valence-corrected chi connectivity index (χ4v) is 1.63. The Morgan fingerprint density at radius 2 is 2.18 bits per heavy atom. The smallest absolute Gasteiger partial charge is 0.316 e. The van der Waals surface area contributed by atoms with Gasteiger partial charge in [-0.1, -0.05) is 17.7 Å². The van der Waals surface area contributed by atoms with E-state index in [1.807, 2.05) is 6.92 Å². The fraction of sp³-hybridized carbons (Fsp3) is 0.417. The van der Waals surface area contributed by atoms with Gasteiger partial charge in [0, 0.05) is 0 Å². The fourth-order valence-electron chi connectivity index (χ4n) is 1.40. The number of carbonyl (C=O) groups is 1. The molecule has 0 saturated heterocycles. The number of aliphatic hydroxyl groups excluding tert-OH is 1. The molecule has 4 nitrogen and oxygen atoms in total. The molecular formula is C12H15ClO4. The van der Waals surface area contributed by atoms with Crippen molar-refractivity contribution in [2.75, 3.05) is 13.2 Å². The number of carboxylic acids is 1. The number of aliphatic hydroxyl groups is 1. The monoisotopic (exact) mass is 258 g/mol. The molecule has 1 rings (SSSR count). The molecule has 2 N–H and O–H groups in total. The molecule has 0 aliphatic carbocycles. The second kappa shape index (κ2) is 5.38. The molecule has 0 radical (unpaired) electrons. The third-order valence-electron chi connectivity index (χ3n) is 2.66. The highest BCUT2D eigenvalue weighted by molar-refractivity contribution is 6.32. The van der Waals surface area contributed by atoms with E-state index in [-0.39, 0.29) is 0 Å². The molecular weight excluding hydrogens is 244 g/mol. The van der Waals surface area contributed by atoms with Gasteiger partial charge in [0.25, 0.3) is 0 Å². The summed E-state index contributed by atoms with van der Waals surface area (Å²) in [7, 11) is 0. The molecule has 0 amide bonds. The van der Waals surface area contributed by atoms with Crippen molar-refractivity contribution in [2.24, 2.45) is 0 Å². The summed E-state index contributed by atoms with van der Waals surface area (Å²) in [4.78, 5) is 11.1. The third-order valence-corrected chi connectivity index (χ3v) is 2.95. The van der Waals surface area contributed by atoms with Gasteiger partial charge < -0.3 is 14.9 Å². The average Bonchev–Trinajstić information content (AvgIpc) is 2.30. The van der Waals surface area contributed by atoms with Crippen molar-refractivity contribution in [3.63, 3.8) is 0 Å². The minimum Gasteiger partial charge on any atom is -0.492 e. The van der Waals surface area contributed by atoms with Crippen molar-refractivity contribution in [3.05, 3.63) is 28.8 Å². The van der Waals surface area contributed by atoms with Gasteiger partial charge in [0.15, 0.2) is 0 Å². The van der Waals surface area contributed by atoms with Crippen LogP contribution in [0.4, 0.5) is 0 Å². The van der Waals surface area contributed by atoms with Crippen LogP contribution in [-0.2, 0) is 10.2 Å². The number of benzene rings is 1. The largest absolute Gasteiger partial charge is 0.492 e. The van der Waals surface area contributed by atoms with Gasteiger partial charge in [0.05, 0.1) is 18.2 Å². The second-order valence-corrected chi connectivity index (χ2v) is 4.28. The minimum atomic E-state index is -1.35. The maximum absolute atomic E-state index is 11.1. The normalized spacial score (nSPS) is 14.1. The van der Waals surface area contributed by atoms with Crippen LogP contribution in [0.1, 0.15) is 19.4 Å². The molecule has 1 atom stereocenters. The first-order chi connectivity index (χ1) is 7.95. The lowest BCUT2D eigenvalue weighted by Gasteiger charge is -2.23. The molecule has 0 heterocycles. The zero-order valence-corrected chi connectivity index (χ0v) is 10.5. The predicted molar refractivity (Wildman–Crippen MR) is 64.7 cm³/mol. The number of carboxylic acid groups (broad SMARTS) is 1. The van der Waals surface area contributed by atoms with Crippen LogP contribution in [0.3, 0.4) is 0 Å². The summed E-state index contributed by atoms with van der Waals surface area (Å²) in [5.74, 6) is -0.594. The minimum absolute atomic E-state index is 0.338. The summed E-state index contributed by atoms with van der Waals surface area (Å²) in [6, 6.07) is 4.72. The molecule has 1 aromatic carbocycles. The highest BCUT2D eigenvalue weighted by Gasteiger charge is 2.35. The SMILES string of the molecule is CCOc1ccc(C(C)(CO)C(=O)O)cc1Cl. The molecule has 0 spiro atoms. The number of rotatable bonds is 5. The van der Waals surface area contributed by atoms with E-state index < -0.39 is 18.0 Å². The maximum atomic E-state index is 11.1. The molecule has 17 heavy (non-hydrogen) atoms. The predicted octanol–water partition coefficient (Wildman–Crippen LogP) is 2.07. The zero-order chi connectivity index (χ0) is 13.1. The van der Waals surface area contributed by atoms with Gasteiger partial charge in [-0.2, -0.15) is 0 Å². The quantitative estimate of drug-likeness (QED) is 0.849. The molecule has 0 fully saturated rings. The van der Waals surface area contributed by atoms with Crippen molar-refractivity contribution >= 4 is 17.6 Å². The van der Waals surface area contributed by atoms with Crippen LogP contribution < -0.4 is 4.74 Å². The Balaban J connectivity index is 3.16. The van der Waals surface area contributed by atoms with Crippen molar-refractivity contribution in [2.45, 2.75) is 19.3 Å².